The van der Waals surface area contributed by atoms with Crippen LogP contribution in [-0.2, 0) is 10.0 Å². The van der Waals surface area contributed by atoms with E-state index in [4.69, 9.17) is 0 Å². The number of benzene rings is 2. The molecule has 1 fully saturated rings. The molecule has 2 aliphatic rings. The maximum absolute atomic E-state index is 13.2. The van der Waals surface area contributed by atoms with E-state index in [1.807, 2.05) is 0 Å². The van der Waals surface area contributed by atoms with Crippen molar-refractivity contribution < 1.29 is 22.0 Å². The fourth-order valence-electron chi connectivity index (χ4n) is 3.12. The number of hydrogen-bond acceptors (Lipinski definition) is 4. The molecule has 1 amide bonds. The first-order valence-corrected chi connectivity index (χ1v) is 9.49. The van der Waals surface area contributed by atoms with Gasteiger partial charge in [0.05, 0.1) is 5.69 Å². The third-order valence-electron chi connectivity index (χ3n) is 4.62. The molecule has 1 saturated carbocycles. The topological polar surface area (TPSA) is 87.3 Å². The highest BCUT2D eigenvalue weighted by Crippen LogP contribution is 2.40. The van der Waals surface area contributed by atoms with Crippen molar-refractivity contribution in [2.45, 2.75) is 29.8 Å². The third kappa shape index (κ3) is 2.82. The van der Waals surface area contributed by atoms with Gasteiger partial charge in [-0.2, -0.15) is 4.72 Å². The smallest absolute Gasteiger partial charge is 0.255 e. The summed E-state index contributed by atoms with van der Waals surface area (Å²) in [6.45, 7) is 0. The van der Waals surface area contributed by atoms with E-state index in [1.165, 1.54) is 24.3 Å². The molecule has 9 heteroatoms. The average molecular weight is 379 g/mol. The minimum Gasteiger partial charge on any atom is -0.365 e. The maximum atomic E-state index is 13.2. The lowest BCUT2D eigenvalue weighted by Crippen LogP contribution is -2.61. The predicted molar refractivity (Wildman–Crippen MR) is 91.3 cm³/mol. The van der Waals surface area contributed by atoms with Gasteiger partial charge in [0.15, 0.2) is 11.6 Å². The summed E-state index contributed by atoms with van der Waals surface area (Å²) in [5.74, 6) is -2.74. The zero-order valence-corrected chi connectivity index (χ0v) is 14.3. The molecule has 0 atom stereocenters. The monoisotopic (exact) mass is 379 g/mol. The van der Waals surface area contributed by atoms with Gasteiger partial charge in [-0.25, -0.2) is 17.2 Å². The van der Waals surface area contributed by atoms with Crippen LogP contribution in [-0.4, -0.2) is 20.0 Å². The van der Waals surface area contributed by atoms with Crippen LogP contribution >= 0.6 is 0 Å². The average Bonchev–Trinajstić information content (AvgIpc) is 2.56. The Morgan fingerprint density at radius 3 is 2.50 bits per heavy atom. The molecule has 3 N–H and O–H groups in total. The van der Waals surface area contributed by atoms with Gasteiger partial charge in [-0.3, -0.25) is 4.79 Å². The second-order valence-electron chi connectivity index (χ2n) is 6.46. The van der Waals surface area contributed by atoms with E-state index in [2.05, 4.69) is 15.4 Å². The number of carbonyl (C=O) groups excluding carboxylic acids is 1. The largest absolute Gasteiger partial charge is 0.365 e. The van der Waals surface area contributed by atoms with Crippen molar-refractivity contribution in [3.63, 3.8) is 0 Å². The fourth-order valence-corrected chi connectivity index (χ4v) is 4.69. The molecule has 26 heavy (non-hydrogen) atoms. The summed E-state index contributed by atoms with van der Waals surface area (Å²) in [6, 6.07) is 7.24. The van der Waals surface area contributed by atoms with Gasteiger partial charge in [-0.15, -0.1) is 0 Å². The molecular formula is C17H15F2N3O3S. The lowest BCUT2D eigenvalue weighted by Gasteiger charge is -2.46. The first-order chi connectivity index (χ1) is 12.3. The van der Waals surface area contributed by atoms with Crippen molar-refractivity contribution in [3.8, 4) is 0 Å². The van der Waals surface area contributed by atoms with Gasteiger partial charge in [0.2, 0.25) is 10.0 Å². The number of sulfonamides is 1. The fraction of sp³-hybridized carbons (Fsp3) is 0.235. The second kappa shape index (κ2) is 5.75. The number of halogens is 2. The summed E-state index contributed by atoms with van der Waals surface area (Å²) in [5, 5.41) is 5.60. The molecule has 1 heterocycles. The summed E-state index contributed by atoms with van der Waals surface area (Å²) in [7, 11) is -3.75. The van der Waals surface area contributed by atoms with Crippen LogP contribution in [0.1, 0.15) is 29.6 Å². The van der Waals surface area contributed by atoms with Crippen LogP contribution in [0.5, 0.6) is 0 Å². The first kappa shape index (κ1) is 16.9. The van der Waals surface area contributed by atoms with Gasteiger partial charge in [0.1, 0.15) is 10.6 Å². The van der Waals surface area contributed by atoms with E-state index in [-0.39, 0.29) is 16.1 Å². The maximum Gasteiger partial charge on any atom is 0.255 e. The highest BCUT2D eigenvalue weighted by atomic mass is 32.2. The lowest BCUT2D eigenvalue weighted by atomic mass is 9.85. The van der Waals surface area contributed by atoms with Crippen LogP contribution in [0.25, 0.3) is 0 Å². The van der Waals surface area contributed by atoms with Crippen molar-refractivity contribution in [1.29, 1.82) is 0 Å². The van der Waals surface area contributed by atoms with Crippen molar-refractivity contribution in [2.75, 3.05) is 10.6 Å². The van der Waals surface area contributed by atoms with Gasteiger partial charge in [0, 0.05) is 17.3 Å². The van der Waals surface area contributed by atoms with Crippen LogP contribution < -0.4 is 15.4 Å². The number of anilines is 2. The lowest BCUT2D eigenvalue weighted by molar-refractivity contribution is 0.102. The normalized spacial score (nSPS) is 19.2. The van der Waals surface area contributed by atoms with Gasteiger partial charge in [0.25, 0.3) is 5.91 Å². The first-order valence-electron chi connectivity index (χ1n) is 8.01. The van der Waals surface area contributed by atoms with E-state index in [9.17, 15) is 22.0 Å². The Morgan fingerprint density at radius 1 is 1.08 bits per heavy atom. The number of rotatable bonds is 2. The molecule has 1 spiro atoms. The summed E-state index contributed by atoms with van der Waals surface area (Å²) in [4.78, 5) is 12.3. The molecule has 4 rings (SSSR count). The molecule has 136 valence electrons. The summed E-state index contributed by atoms with van der Waals surface area (Å²) >= 11 is 0. The van der Waals surface area contributed by atoms with E-state index in [1.54, 1.807) is 0 Å². The highest BCUT2D eigenvalue weighted by molar-refractivity contribution is 7.89. The molecule has 2 aromatic carbocycles. The Labute approximate surface area is 148 Å². The molecule has 1 aliphatic heterocycles. The summed E-state index contributed by atoms with van der Waals surface area (Å²) in [6.07, 6.45) is 2.33. The number of nitrogens with one attached hydrogen (secondary N) is 3. The Hall–Kier alpha value is -2.52. The van der Waals surface area contributed by atoms with Crippen molar-refractivity contribution in [2.24, 2.45) is 0 Å². The van der Waals surface area contributed by atoms with Crippen molar-refractivity contribution in [1.82, 2.24) is 4.72 Å². The van der Waals surface area contributed by atoms with Crippen LogP contribution in [0.3, 0.4) is 0 Å². The minimum atomic E-state index is -3.75. The Morgan fingerprint density at radius 2 is 1.85 bits per heavy atom. The Balaban J connectivity index is 1.62. The predicted octanol–water partition coefficient (Wildman–Crippen LogP) is 2.80. The number of hydrogen-bond donors (Lipinski definition) is 3. The number of fused-ring (bicyclic) bond motifs is 1. The van der Waals surface area contributed by atoms with E-state index >= 15 is 0 Å². The van der Waals surface area contributed by atoms with E-state index < -0.39 is 33.2 Å². The molecule has 2 aromatic rings. The van der Waals surface area contributed by atoms with Gasteiger partial charge >= 0.3 is 0 Å². The van der Waals surface area contributed by atoms with E-state index in [0.29, 0.717) is 18.5 Å². The van der Waals surface area contributed by atoms with Gasteiger partial charge in [-0.1, -0.05) is 0 Å². The van der Waals surface area contributed by atoms with Crippen LogP contribution in [0.4, 0.5) is 20.2 Å². The Bertz CT molecular complexity index is 1020. The van der Waals surface area contributed by atoms with Crippen LogP contribution in [0.15, 0.2) is 41.3 Å². The van der Waals surface area contributed by atoms with E-state index in [0.717, 1.165) is 18.6 Å². The summed E-state index contributed by atoms with van der Waals surface area (Å²) < 4.78 is 53.9. The molecule has 1 aliphatic carbocycles. The number of amides is 1. The third-order valence-corrected chi connectivity index (χ3v) is 6.20. The molecule has 0 unspecified atom stereocenters. The molecular weight excluding hydrogens is 364 g/mol. The summed E-state index contributed by atoms with van der Waals surface area (Å²) in [5.41, 5.74) is -0.0430. The SMILES string of the molecule is O=C(Nc1ccc(F)c(F)c1)c1ccc2c(c1)S(=O)(=O)NC1(CCC1)N2. The molecule has 0 bridgehead atoms. The number of carbonyl (C=O) groups is 1. The zero-order chi connectivity index (χ0) is 18.5. The Kier molecular flexibility index (Phi) is 3.74. The molecule has 6 nitrogen and oxygen atoms in total. The molecule has 0 radical (unpaired) electrons. The van der Waals surface area contributed by atoms with Crippen LogP contribution in [0.2, 0.25) is 0 Å². The van der Waals surface area contributed by atoms with Crippen molar-refractivity contribution >= 4 is 27.3 Å². The minimum absolute atomic E-state index is 0.0204. The van der Waals surface area contributed by atoms with Gasteiger partial charge < -0.3 is 10.6 Å². The molecule has 0 aromatic heterocycles. The van der Waals surface area contributed by atoms with Crippen molar-refractivity contribution in [3.05, 3.63) is 53.6 Å². The second-order valence-corrected chi connectivity index (χ2v) is 8.11. The quantitative estimate of drug-likeness (QED) is 0.749. The standard InChI is InChI=1S/C17H15F2N3O3S/c18-12-4-3-11(9-13(12)19)20-16(23)10-2-5-14-15(8-10)26(24,25)22-17(21-14)6-1-7-17/h2-5,8-9,21-22H,1,6-7H2,(H,20,23). The highest BCUT2D eigenvalue weighted by Gasteiger charge is 2.45. The zero-order valence-electron chi connectivity index (χ0n) is 13.5. The molecule has 0 saturated heterocycles. The van der Waals surface area contributed by atoms with Crippen LogP contribution in [0, 0.1) is 11.6 Å². The van der Waals surface area contributed by atoms with Gasteiger partial charge in [-0.05, 0) is 49.6 Å².